The molecule has 17 heavy (non-hydrogen) atoms. The van der Waals surface area contributed by atoms with Gasteiger partial charge < -0.3 is 4.79 Å². The molecule has 0 saturated heterocycles. The lowest BCUT2D eigenvalue weighted by Gasteiger charge is -2.21. The van der Waals surface area contributed by atoms with E-state index in [9.17, 15) is 14.4 Å². The van der Waals surface area contributed by atoms with Crippen LogP contribution >= 0.6 is 0 Å². The summed E-state index contributed by atoms with van der Waals surface area (Å²) in [5.41, 5.74) is 0. The summed E-state index contributed by atoms with van der Waals surface area (Å²) < 4.78 is 0. The van der Waals surface area contributed by atoms with Crippen LogP contribution in [0, 0.1) is 23.7 Å². The van der Waals surface area contributed by atoms with Crippen molar-refractivity contribution in [2.45, 2.75) is 33.6 Å². The molecule has 0 bridgehead atoms. The van der Waals surface area contributed by atoms with Gasteiger partial charge in [-0.2, -0.15) is 0 Å². The van der Waals surface area contributed by atoms with Gasteiger partial charge in [0.1, 0.15) is 6.29 Å². The molecule has 0 amide bonds. The third-order valence-electron chi connectivity index (χ3n) is 3.84. The monoisotopic (exact) mass is 236 g/mol. The molecule has 0 spiro atoms. The molecule has 0 unspecified atom stereocenters. The highest BCUT2D eigenvalue weighted by molar-refractivity contribution is 5.98. The Morgan fingerprint density at radius 3 is 2.41 bits per heavy atom. The number of hydrogen-bond donors (Lipinski definition) is 0. The average Bonchev–Trinajstić information content (AvgIpc) is 2.66. The van der Waals surface area contributed by atoms with E-state index in [4.69, 9.17) is 0 Å². The zero-order valence-corrected chi connectivity index (χ0v) is 10.7. The van der Waals surface area contributed by atoms with Gasteiger partial charge in [-0.05, 0) is 43.8 Å². The third kappa shape index (κ3) is 3.35. The highest BCUT2D eigenvalue weighted by Crippen LogP contribution is 2.40. The molecule has 1 rings (SSSR count). The van der Waals surface area contributed by atoms with Gasteiger partial charge in [0.05, 0.1) is 0 Å². The number of carbonyl (C=O) groups is 3. The quantitative estimate of drug-likeness (QED) is 0.543. The summed E-state index contributed by atoms with van der Waals surface area (Å²) in [5.74, 6) is 0.130. The van der Waals surface area contributed by atoms with Crippen LogP contribution < -0.4 is 0 Å². The molecule has 3 heteroatoms. The molecule has 0 aromatic rings. The van der Waals surface area contributed by atoms with Gasteiger partial charge in [0.25, 0.3) is 0 Å². The summed E-state index contributed by atoms with van der Waals surface area (Å²) in [6, 6.07) is 0. The summed E-state index contributed by atoms with van der Waals surface area (Å²) in [5, 5.41) is 0. The van der Waals surface area contributed by atoms with Crippen molar-refractivity contribution in [3.05, 3.63) is 12.2 Å². The Bertz CT molecular complexity index is 343. The topological polar surface area (TPSA) is 51.2 Å². The number of ketones is 2. The first-order chi connectivity index (χ1) is 7.97. The molecule has 0 aliphatic heterocycles. The molecule has 0 heterocycles. The molecule has 3 nitrogen and oxygen atoms in total. The molecule has 94 valence electrons. The van der Waals surface area contributed by atoms with Gasteiger partial charge in [0, 0.05) is 11.8 Å². The number of allylic oxidation sites excluding steroid dienone is 2. The number of hydrogen-bond acceptors (Lipinski definition) is 3. The highest BCUT2D eigenvalue weighted by Gasteiger charge is 2.38. The summed E-state index contributed by atoms with van der Waals surface area (Å²) in [6.45, 7) is 5.33. The predicted octanol–water partition coefficient (Wildman–Crippen LogP) is 2.20. The van der Waals surface area contributed by atoms with E-state index in [1.165, 1.54) is 19.1 Å². The van der Waals surface area contributed by atoms with Crippen LogP contribution in [-0.2, 0) is 14.4 Å². The lowest BCUT2D eigenvalue weighted by Crippen LogP contribution is -2.25. The second-order valence-corrected chi connectivity index (χ2v) is 5.07. The van der Waals surface area contributed by atoms with E-state index in [-0.39, 0.29) is 29.3 Å². The first-order valence-corrected chi connectivity index (χ1v) is 6.15. The average molecular weight is 236 g/mol. The highest BCUT2D eigenvalue weighted by atomic mass is 16.1. The van der Waals surface area contributed by atoms with Crippen LogP contribution in [0.1, 0.15) is 33.6 Å². The van der Waals surface area contributed by atoms with Crippen molar-refractivity contribution in [2.24, 2.45) is 23.7 Å². The zero-order chi connectivity index (χ0) is 13.0. The predicted molar refractivity (Wildman–Crippen MR) is 65.4 cm³/mol. The maximum absolute atomic E-state index is 11.8. The van der Waals surface area contributed by atoms with E-state index in [0.29, 0.717) is 5.92 Å². The zero-order valence-electron chi connectivity index (χ0n) is 10.7. The van der Waals surface area contributed by atoms with Crippen LogP contribution in [0.25, 0.3) is 0 Å². The molecule has 0 radical (unpaired) electrons. The molecule has 0 aromatic carbocycles. The van der Waals surface area contributed by atoms with Crippen molar-refractivity contribution in [3.8, 4) is 0 Å². The molecule has 0 aromatic heterocycles. The fourth-order valence-electron chi connectivity index (χ4n) is 2.64. The molecule has 4 atom stereocenters. The van der Waals surface area contributed by atoms with Crippen molar-refractivity contribution >= 4 is 17.9 Å². The van der Waals surface area contributed by atoms with Gasteiger partial charge in [-0.1, -0.05) is 13.8 Å². The van der Waals surface area contributed by atoms with E-state index in [2.05, 4.69) is 6.92 Å². The fourth-order valence-corrected chi connectivity index (χ4v) is 2.64. The Morgan fingerprint density at radius 2 is 1.88 bits per heavy atom. The minimum atomic E-state index is -0.175. The van der Waals surface area contributed by atoms with Crippen molar-refractivity contribution < 1.29 is 14.4 Å². The minimum absolute atomic E-state index is 0.0142. The Morgan fingerprint density at radius 1 is 1.24 bits per heavy atom. The van der Waals surface area contributed by atoms with E-state index in [0.717, 1.165) is 19.1 Å². The normalized spacial score (nSPS) is 30.4. The van der Waals surface area contributed by atoms with Crippen LogP contribution in [0.15, 0.2) is 12.2 Å². The first kappa shape index (κ1) is 13.8. The van der Waals surface area contributed by atoms with Gasteiger partial charge >= 0.3 is 0 Å². The summed E-state index contributed by atoms with van der Waals surface area (Å²) >= 11 is 0. The van der Waals surface area contributed by atoms with Crippen LogP contribution in [0.3, 0.4) is 0 Å². The molecular formula is C14H20O3. The van der Waals surface area contributed by atoms with Gasteiger partial charge in [-0.15, -0.1) is 0 Å². The molecule has 0 N–H and O–H groups in total. The first-order valence-electron chi connectivity index (χ1n) is 6.15. The molecule has 1 fully saturated rings. The standard InChI is InChI=1S/C14H20O3/c1-9-4-6-12(13(9)8-15)11(3)14(17)7-5-10(2)16/h5,7-9,11-13H,4,6H2,1-3H3/b7-5+/t9-,11+,12+,13-/m1/s1. The maximum Gasteiger partial charge on any atom is 0.158 e. The maximum atomic E-state index is 11.8. The fraction of sp³-hybridized carbons (Fsp3) is 0.643. The Balaban J connectivity index is 2.69. The number of carbonyl (C=O) groups excluding carboxylic acids is 3. The van der Waals surface area contributed by atoms with Gasteiger partial charge in [0.15, 0.2) is 11.6 Å². The smallest absolute Gasteiger partial charge is 0.158 e. The summed E-state index contributed by atoms with van der Waals surface area (Å²) in [6.07, 6.45) is 5.55. The van der Waals surface area contributed by atoms with Gasteiger partial charge in [0.2, 0.25) is 0 Å². The van der Waals surface area contributed by atoms with Crippen molar-refractivity contribution in [3.63, 3.8) is 0 Å². The molecule has 1 aliphatic carbocycles. The van der Waals surface area contributed by atoms with Crippen LogP contribution in [0.5, 0.6) is 0 Å². The minimum Gasteiger partial charge on any atom is -0.303 e. The van der Waals surface area contributed by atoms with E-state index < -0.39 is 0 Å². The van der Waals surface area contributed by atoms with Crippen LogP contribution in [0.2, 0.25) is 0 Å². The summed E-state index contributed by atoms with van der Waals surface area (Å²) in [7, 11) is 0. The van der Waals surface area contributed by atoms with Crippen LogP contribution in [0.4, 0.5) is 0 Å². The molecular weight excluding hydrogens is 216 g/mol. The van der Waals surface area contributed by atoms with Crippen molar-refractivity contribution in [1.82, 2.24) is 0 Å². The SMILES string of the molecule is CC(=O)/C=C/C(=O)[C@@H](C)[C@@H]1CC[C@@H](C)[C@H]1C=O. The second-order valence-electron chi connectivity index (χ2n) is 5.07. The van der Waals surface area contributed by atoms with Crippen molar-refractivity contribution in [2.75, 3.05) is 0 Å². The Kier molecular flexibility index (Phi) is 4.79. The number of rotatable bonds is 5. The second kappa shape index (κ2) is 5.89. The Labute approximate surface area is 102 Å². The van der Waals surface area contributed by atoms with Gasteiger partial charge in [-0.3, -0.25) is 9.59 Å². The van der Waals surface area contributed by atoms with Gasteiger partial charge in [-0.25, -0.2) is 0 Å². The largest absolute Gasteiger partial charge is 0.303 e. The van der Waals surface area contributed by atoms with Crippen LogP contribution in [-0.4, -0.2) is 17.9 Å². The van der Waals surface area contributed by atoms with E-state index >= 15 is 0 Å². The Hall–Kier alpha value is -1.25. The van der Waals surface area contributed by atoms with E-state index in [1.807, 2.05) is 6.92 Å². The summed E-state index contributed by atoms with van der Waals surface area (Å²) in [4.78, 5) is 33.7. The number of aldehydes is 1. The molecule has 1 saturated carbocycles. The molecule has 1 aliphatic rings. The lowest BCUT2D eigenvalue weighted by atomic mass is 9.81. The third-order valence-corrected chi connectivity index (χ3v) is 3.84. The van der Waals surface area contributed by atoms with E-state index in [1.54, 1.807) is 0 Å². The van der Waals surface area contributed by atoms with Crippen molar-refractivity contribution in [1.29, 1.82) is 0 Å². The lowest BCUT2D eigenvalue weighted by molar-refractivity contribution is -0.121.